The smallest absolute Gasteiger partial charge is 0.311 e. The molecular formula is C17H22FN5O2. The van der Waals surface area contributed by atoms with Gasteiger partial charge in [-0.05, 0) is 24.1 Å². The largest absolute Gasteiger partial charge is 0.417 e. The van der Waals surface area contributed by atoms with Gasteiger partial charge in [0.1, 0.15) is 5.82 Å². The van der Waals surface area contributed by atoms with Crippen LogP contribution in [0.4, 0.5) is 4.39 Å². The van der Waals surface area contributed by atoms with Crippen LogP contribution in [0.3, 0.4) is 0 Å². The molecule has 0 aliphatic carbocycles. The summed E-state index contributed by atoms with van der Waals surface area (Å²) in [7, 11) is 1.71. The van der Waals surface area contributed by atoms with Gasteiger partial charge in [-0.1, -0.05) is 19.1 Å². The van der Waals surface area contributed by atoms with Crippen LogP contribution in [0.1, 0.15) is 41.5 Å². The number of carbonyl (C=O) groups excluding carboxylic acids is 1. The summed E-state index contributed by atoms with van der Waals surface area (Å²) in [5.74, 6) is 0.0747. The minimum atomic E-state index is -0.292. The topological polar surface area (TPSA) is 83.3 Å². The normalized spacial score (nSPS) is 20.0. The molecule has 3 rings (SSSR count). The number of aryl methyl sites for hydroxylation is 1. The molecule has 25 heavy (non-hydrogen) atoms. The maximum absolute atomic E-state index is 13.1. The van der Waals surface area contributed by atoms with E-state index in [2.05, 4.69) is 21.0 Å². The third-order valence-corrected chi connectivity index (χ3v) is 4.29. The molecule has 1 fully saturated rings. The van der Waals surface area contributed by atoms with Crippen molar-refractivity contribution in [3.63, 3.8) is 0 Å². The minimum absolute atomic E-state index is 0.00538. The first kappa shape index (κ1) is 17.5. The van der Waals surface area contributed by atoms with Crippen LogP contribution in [-0.2, 0) is 6.42 Å². The van der Waals surface area contributed by atoms with Gasteiger partial charge < -0.3 is 9.32 Å². The van der Waals surface area contributed by atoms with Crippen LogP contribution in [0.15, 0.2) is 28.7 Å². The molecule has 1 aliphatic heterocycles. The predicted molar refractivity (Wildman–Crippen MR) is 89.0 cm³/mol. The SMILES string of the molecule is CCCc1nnc(C(=O)N(C)CC2CNNC2c2ccc(F)cc2)o1. The van der Waals surface area contributed by atoms with E-state index in [4.69, 9.17) is 4.42 Å². The zero-order chi connectivity index (χ0) is 17.8. The number of hydrazine groups is 1. The summed E-state index contributed by atoms with van der Waals surface area (Å²) in [4.78, 5) is 14.1. The molecule has 8 heteroatoms. The summed E-state index contributed by atoms with van der Waals surface area (Å²) in [6.07, 6.45) is 1.54. The van der Waals surface area contributed by atoms with Gasteiger partial charge in [0, 0.05) is 32.5 Å². The number of benzene rings is 1. The summed E-state index contributed by atoms with van der Waals surface area (Å²) in [6, 6.07) is 6.38. The molecular weight excluding hydrogens is 325 g/mol. The molecule has 1 aromatic heterocycles. The maximum Gasteiger partial charge on any atom is 0.311 e. The second kappa shape index (κ2) is 7.71. The number of nitrogens with one attached hydrogen (secondary N) is 2. The lowest BCUT2D eigenvalue weighted by molar-refractivity contribution is 0.0729. The number of aromatic nitrogens is 2. The molecule has 2 unspecified atom stereocenters. The average Bonchev–Trinajstić information content (AvgIpc) is 3.25. The Balaban J connectivity index is 1.65. The van der Waals surface area contributed by atoms with Crippen molar-refractivity contribution in [3.05, 3.63) is 47.4 Å². The molecule has 2 atom stereocenters. The Hall–Kier alpha value is -2.32. The zero-order valence-corrected chi connectivity index (χ0v) is 14.3. The van der Waals surface area contributed by atoms with Gasteiger partial charge in [0.2, 0.25) is 5.89 Å². The monoisotopic (exact) mass is 347 g/mol. The number of nitrogens with zero attached hydrogens (tertiary/aromatic N) is 3. The molecule has 1 amide bonds. The molecule has 134 valence electrons. The van der Waals surface area contributed by atoms with E-state index in [1.54, 1.807) is 24.1 Å². The minimum Gasteiger partial charge on any atom is -0.417 e. The Morgan fingerprint density at radius 1 is 1.36 bits per heavy atom. The van der Waals surface area contributed by atoms with Crippen molar-refractivity contribution >= 4 is 5.91 Å². The molecule has 0 bridgehead atoms. The van der Waals surface area contributed by atoms with Gasteiger partial charge in [-0.15, -0.1) is 10.2 Å². The Morgan fingerprint density at radius 3 is 2.84 bits per heavy atom. The summed E-state index contributed by atoms with van der Waals surface area (Å²) in [5, 5.41) is 7.72. The van der Waals surface area contributed by atoms with E-state index in [1.165, 1.54) is 12.1 Å². The summed E-state index contributed by atoms with van der Waals surface area (Å²) >= 11 is 0. The van der Waals surface area contributed by atoms with E-state index in [9.17, 15) is 9.18 Å². The summed E-state index contributed by atoms with van der Waals surface area (Å²) in [5.41, 5.74) is 7.27. The van der Waals surface area contributed by atoms with Crippen LogP contribution in [-0.4, -0.2) is 41.1 Å². The quantitative estimate of drug-likeness (QED) is 0.828. The Bertz CT molecular complexity index is 718. The Morgan fingerprint density at radius 2 is 2.12 bits per heavy atom. The van der Waals surface area contributed by atoms with Gasteiger partial charge in [-0.25, -0.2) is 9.82 Å². The molecule has 2 N–H and O–H groups in total. The molecule has 1 aromatic carbocycles. The highest BCUT2D eigenvalue weighted by atomic mass is 19.1. The number of carbonyl (C=O) groups is 1. The number of hydrogen-bond acceptors (Lipinski definition) is 6. The molecule has 0 saturated carbocycles. The van der Waals surface area contributed by atoms with E-state index in [1.807, 2.05) is 6.92 Å². The van der Waals surface area contributed by atoms with Crippen LogP contribution >= 0.6 is 0 Å². The van der Waals surface area contributed by atoms with Crippen molar-refractivity contribution in [1.29, 1.82) is 0 Å². The van der Waals surface area contributed by atoms with Gasteiger partial charge in [0.15, 0.2) is 0 Å². The van der Waals surface area contributed by atoms with Crippen molar-refractivity contribution in [2.24, 2.45) is 5.92 Å². The first-order valence-corrected chi connectivity index (χ1v) is 8.40. The molecule has 1 aliphatic rings. The van der Waals surface area contributed by atoms with E-state index in [0.717, 1.165) is 12.0 Å². The number of rotatable bonds is 6. The van der Waals surface area contributed by atoms with Crippen LogP contribution < -0.4 is 10.9 Å². The lowest BCUT2D eigenvalue weighted by Crippen LogP contribution is -2.35. The van der Waals surface area contributed by atoms with Gasteiger partial charge in [0.25, 0.3) is 0 Å². The number of halogens is 1. The third-order valence-electron chi connectivity index (χ3n) is 4.29. The molecule has 1 saturated heterocycles. The van der Waals surface area contributed by atoms with Crippen molar-refractivity contribution in [1.82, 2.24) is 25.9 Å². The second-order valence-electron chi connectivity index (χ2n) is 6.25. The van der Waals surface area contributed by atoms with Crippen LogP contribution in [0.5, 0.6) is 0 Å². The standard InChI is InChI=1S/C17H22FN5O2/c1-3-4-14-20-22-16(25-14)17(24)23(2)10-12-9-19-21-15(12)11-5-7-13(18)8-6-11/h5-8,12,15,19,21H,3-4,9-10H2,1-2H3. The number of amides is 1. The van der Waals surface area contributed by atoms with E-state index >= 15 is 0 Å². The Kier molecular flexibility index (Phi) is 5.40. The summed E-state index contributed by atoms with van der Waals surface area (Å²) in [6.45, 7) is 3.21. The van der Waals surface area contributed by atoms with Gasteiger partial charge in [-0.3, -0.25) is 10.2 Å². The van der Waals surface area contributed by atoms with E-state index in [-0.39, 0.29) is 29.6 Å². The van der Waals surface area contributed by atoms with Crippen molar-refractivity contribution in [2.75, 3.05) is 20.1 Å². The highest BCUT2D eigenvalue weighted by molar-refractivity contribution is 5.89. The van der Waals surface area contributed by atoms with Gasteiger partial charge in [0.05, 0.1) is 6.04 Å². The van der Waals surface area contributed by atoms with Gasteiger partial charge >= 0.3 is 11.8 Å². The fraction of sp³-hybridized carbons (Fsp3) is 0.471. The first-order valence-electron chi connectivity index (χ1n) is 8.40. The van der Waals surface area contributed by atoms with Gasteiger partial charge in [-0.2, -0.15) is 0 Å². The predicted octanol–water partition coefficient (Wildman–Crippen LogP) is 1.70. The molecule has 7 nitrogen and oxygen atoms in total. The van der Waals surface area contributed by atoms with E-state index in [0.29, 0.717) is 25.4 Å². The lowest BCUT2D eigenvalue weighted by Gasteiger charge is -2.24. The highest BCUT2D eigenvalue weighted by Gasteiger charge is 2.31. The lowest BCUT2D eigenvalue weighted by atomic mass is 9.94. The van der Waals surface area contributed by atoms with Crippen LogP contribution in [0.25, 0.3) is 0 Å². The highest BCUT2D eigenvalue weighted by Crippen LogP contribution is 2.26. The zero-order valence-electron chi connectivity index (χ0n) is 14.3. The second-order valence-corrected chi connectivity index (χ2v) is 6.25. The maximum atomic E-state index is 13.1. The fourth-order valence-electron chi connectivity index (χ4n) is 2.98. The Labute approximate surface area is 145 Å². The van der Waals surface area contributed by atoms with Crippen molar-refractivity contribution < 1.29 is 13.6 Å². The average molecular weight is 347 g/mol. The molecule has 2 heterocycles. The summed E-state index contributed by atoms with van der Waals surface area (Å²) < 4.78 is 18.5. The third kappa shape index (κ3) is 4.02. The van der Waals surface area contributed by atoms with Crippen molar-refractivity contribution in [3.8, 4) is 0 Å². The van der Waals surface area contributed by atoms with Crippen LogP contribution in [0.2, 0.25) is 0 Å². The number of hydrogen-bond donors (Lipinski definition) is 2. The molecule has 0 radical (unpaired) electrons. The molecule has 2 aromatic rings. The first-order chi connectivity index (χ1) is 12.1. The van der Waals surface area contributed by atoms with Crippen molar-refractivity contribution in [2.45, 2.75) is 25.8 Å². The van der Waals surface area contributed by atoms with Crippen LogP contribution in [0, 0.1) is 11.7 Å². The molecule has 0 spiro atoms. The van der Waals surface area contributed by atoms with E-state index < -0.39 is 0 Å². The fourth-order valence-corrected chi connectivity index (χ4v) is 2.98.